The average Bonchev–Trinajstić information content (AvgIpc) is 2.77. The smallest absolute Gasteiger partial charge is 0.295 e. The van der Waals surface area contributed by atoms with Crippen LogP contribution < -0.4 is 5.69 Å². The Morgan fingerprint density at radius 3 is 2.22 bits per heavy atom. The number of aryl methyl sites for hydroxylation is 1. The molecule has 0 N–H and O–H groups in total. The summed E-state index contributed by atoms with van der Waals surface area (Å²) in [7, 11) is 1.59. The van der Waals surface area contributed by atoms with E-state index in [4.69, 9.17) is 0 Å². The van der Waals surface area contributed by atoms with Gasteiger partial charge < -0.3 is 0 Å². The van der Waals surface area contributed by atoms with Gasteiger partial charge in [0.2, 0.25) is 0 Å². The number of hydrogen-bond donors (Lipinski definition) is 0. The zero-order chi connectivity index (χ0) is 20.1. The predicted octanol–water partition coefficient (Wildman–Crippen LogP) is 5.21. The second-order valence-corrected chi connectivity index (χ2v) is 7.88. The zero-order valence-electron chi connectivity index (χ0n) is 15.5. The topological polar surface area (TPSA) is 26.9 Å². The number of benzene rings is 2. The molecule has 0 aliphatic carbocycles. The molecule has 0 unspecified atom stereocenters. The molecule has 0 atom stereocenters. The highest BCUT2D eigenvalue weighted by molar-refractivity contribution is 5.83. The normalized spacial score (nSPS) is 12.7. The van der Waals surface area contributed by atoms with Crippen LogP contribution in [0.2, 0.25) is 0 Å². The van der Waals surface area contributed by atoms with E-state index in [9.17, 15) is 22.4 Å². The van der Waals surface area contributed by atoms with Crippen molar-refractivity contribution in [2.24, 2.45) is 12.5 Å². The SMILES string of the molecule is Cn1c(=O)n(CC(C)(C)C)c2ccc(-c3ccc(F)cc3C(F)(F)F)cc21. The minimum Gasteiger partial charge on any atom is -0.295 e. The summed E-state index contributed by atoms with van der Waals surface area (Å²) in [6, 6.07) is 7.31. The first-order chi connectivity index (χ1) is 12.4. The summed E-state index contributed by atoms with van der Waals surface area (Å²) >= 11 is 0. The Morgan fingerprint density at radius 1 is 0.963 bits per heavy atom. The van der Waals surface area contributed by atoms with Gasteiger partial charge in [-0.1, -0.05) is 32.9 Å². The molecule has 1 aromatic heterocycles. The van der Waals surface area contributed by atoms with Gasteiger partial charge in [-0.05, 0) is 40.8 Å². The van der Waals surface area contributed by atoms with Crippen molar-refractivity contribution in [2.45, 2.75) is 33.5 Å². The minimum atomic E-state index is -4.68. The largest absolute Gasteiger partial charge is 0.417 e. The lowest BCUT2D eigenvalue weighted by atomic mass is 9.96. The van der Waals surface area contributed by atoms with Crippen LogP contribution in [0.4, 0.5) is 17.6 Å². The Hall–Kier alpha value is -2.57. The summed E-state index contributed by atoms with van der Waals surface area (Å²) < 4.78 is 56.4. The predicted molar refractivity (Wildman–Crippen MR) is 97.0 cm³/mol. The monoisotopic (exact) mass is 380 g/mol. The van der Waals surface area contributed by atoms with E-state index in [2.05, 4.69) is 0 Å². The fourth-order valence-corrected chi connectivity index (χ4v) is 3.20. The molecule has 0 spiro atoms. The molecule has 3 aromatic rings. The summed E-state index contributed by atoms with van der Waals surface area (Å²) in [4.78, 5) is 12.6. The number of hydrogen-bond acceptors (Lipinski definition) is 1. The van der Waals surface area contributed by atoms with Crippen molar-refractivity contribution in [2.75, 3.05) is 0 Å². The first kappa shape index (κ1) is 19.2. The van der Waals surface area contributed by atoms with E-state index in [1.165, 1.54) is 10.6 Å². The van der Waals surface area contributed by atoms with E-state index in [0.29, 0.717) is 23.6 Å². The fraction of sp³-hybridized carbons (Fsp3) is 0.350. The molecule has 0 bridgehead atoms. The Kier molecular flexibility index (Phi) is 4.44. The molecular formula is C20H20F4N2O. The van der Waals surface area contributed by atoms with Crippen molar-refractivity contribution in [1.29, 1.82) is 0 Å². The van der Waals surface area contributed by atoms with Gasteiger partial charge in [-0.2, -0.15) is 13.2 Å². The fourth-order valence-electron chi connectivity index (χ4n) is 3.20. The standard InChI is InChI=1S/C20H20F4N2O/c1-19(2,3)11-26-16-8-5-12(9-17(16)25(4)18(26)27)14-7-6-13(21)10-15(14)20(22,23)24/h5-10H,11H2,1-4H3. The van der Waals surface area contributed by atoms with Crippen LogP contribution in [0.5, 0.6) is 0 Å². The van der Waals surface area contributed by atoms with E-state index >= 15 is 0 Å². The quantitative estimate of drug-likeness (QED) is 0.561. The van der Waals surface area contributed by atoms with Crippen LogP contribution in [0.15, 0.2) is 41.2 Å². The molecule has 2 aromatic carbocycles. The van der Waals surface area contributed by atoms with Crippen molar-refractivity contribution in [1.82, 2.24) is 9.13 Å². The van der Waals surface area contributed by atoms with Crippen molar-refractivity contribution < 1.29 is 17.6 Å². The zero-order valence-corrected chi connectivity index (χ0v) is 15.5. The minimum absolute atomic E-state index is 0.123. The first-order valence-electron chi connectivity index (χ1n) is 8.45. The third-order valence-corrected chi connectivity index (χ3v) is 4.38. The van der Waals surface area contributed by atoms with Gasteiger partial charge in [0.15, 0.2) is 0 Å². The number of aromatic nitrogens is 2. The van der Waals surface area contributed by atoms with E-state index in [1.54, 1.807) is 23.7 Å². The van der Waals surface area contributed by atoms with Crippen molar-refractivity contribution in [3.05, 3.63) is 58.3 Å². The molecule has 0 aliphatic rings. The molecule has 0 amide bonds. The summed E-state index contributed by atoms with van der Waals surface area (Å²) in [5.41, 5.74) is -0.0820. The summed E-state index contributed by atoms with van der Waals surface area (Å²) in [5, 5.41) is 0. The lowest BCUT2D eigenvalue weighted by Gasteiger charge is -2.18. The van der Waals surface area contributed by atoms with Gasteiger partial charge in [0.05, 0.1) is 16.6 Å². The third kappa shape index (κ3) is 3.63. The van der Waals surface area contributed by atoms with Gasteiger partial charge in [0.1, 0.15) is 5.82 Å². The maximum atomic E-state index is 13.4. The summed E-state index contributed by atoms with van der Waals surface area (Å²) in [5.74, 6) is -0.948. The molecule has 3 nitrogen and oxygen atoms in total. The Balaban J connectivity index is 2.23. The summed E-state index contributed by atoms with van der Waals surface area (Å²) in [6.45, 7) is 6.48. The number of nitrogens with zero attached hydrogens (tertiary/aromatic N) is 2. The molecule has 1 heterocycles. The van der Waals surface area contributed by atoms with Gasteiger partial charge in [-0.25, -0.2) is 9.18 Å². The van der Waals surface area contributed by atoms with E-state index in [-0.39, 0.29) is 22.2 Å². The van der Waals surface area contributed by atoms with Crippen molar-refractivity contribution >= 4 is 11.0 Å². The Bertz CT molecular complexity index is 1070. The molecule has 7 heteroatoms. The molecule has 3 rings (SSSR count). The van der Waals surface area contributed by atoms with Crippen LogP contribution in [0, 0.1) is 11.2 Å². The molecule has 144 valence electrons. The van der Waals surface area contributed by atoms with Crippen LogP contribution >= 0.6 is 0 Å². The van der Waals surface area contributed by atoms with Crippen molar-refractivity contribution in [3.8, 4) is 11.1 Å². The highest BCUT2D eigenvalue weighted by atomic mass is 19.4. The number of halogens is 4. The van der Waals surface area contributed by atoms with Gasteiger partial charge in [-0.15, -0.1) is 0 Å². The number of fused-ring (bicyclic) bond motifs is 1. The first-order valence-corrected chi connectivity index (χ1v) is 8.45. The number of imidazole rings is 1. The lowest BCUT2D eigenvalue weighted by molar-refractivity contribution is -0.137. The molecule has 0 radical (unpaired) electrons. The second kappa shape index (κ2) is 6.25. The van der Waals surface area contributed by atoms with Gasteiger partial charge in [0.25, 0.3) is 0 Å². The molecule has 0 fully saturated rings. The van der Waals surface area contributed by atoms with Crippen LogP contribution in [0.3, 0.4) is 0 Å². The molecule has 27 heavy (non-hydrogen) atoms. The molecule has 0 saturated heterocycles. The molecule has 0 saturated carbocycles. The van der Waals surface area contributed by atoms with Crippen LogP contribution in [0.1, 0.15) is 26.3 Å². The Morgan fingerprint density at radius 2 is 1.63 bits per heavy atom. The van der Waals surface area contributed by atoms with Crippen LogP contribution in [0.25, 0.3) is 22.2 Å². The highest BCUT2D eigenvalue weighted by Crippen LogP contribution is 2.38. The van der Waals surface area contributed by atoms with Gasteiger partial charge in [-0.3, -0.25) is 9.13 Å². The van der Waals surface area contributed by atoms with Gasteiger partial charge in [0, 0.05) is 13.6 Å². The molecular weight excluding hydrogens is 360 g/mol. The van der Waals surface area contributed by atoms with E-state index in [0.717, 1.165) is 12.1 Å². The average molecular weight is 380 g/mol. The van der Waals surface area contributed by atoms with Gasteiger partial charge >= 0.3 is 11.9 Å². The van der Waals surface area contributed by atoms with Crippen molar-refractivity contribution in [3.63, 3.8) is 0 Å². The lowest BCUT2D eigenvalue weighted by Crippen LogP contribution is -2.27. The second-order valence-electron chi connectivity index (χ2n) is 7.88. The maximum absolute atomic E-state index is 13.4. The number of rotatable bonds is 2. The van der Waals surface area contributed by atoms with Crippen LogP contribution in [-0.2, 0) is 19.8 Å². The Labute approximate surface area is 153 Å². The number of alkyl halides is 3. The molecule has 0 aliphatic heterocycles. The van der Waals surface area contributed by atoms with E-state index < -0.39 is 17.6 Å². The third-order valence-electron chi connectivity index (χ3n) is 4.38. The maximum Gasteiger partial charge on any atom is 0.417 e. The highest BCUT2D eigenvalue weighted by Gasteiger charge is 2.34. The summed E-state index contributed by atoms with van der Waals surface area (Å²) in [6.07, 6.45) is -4.68. The van der Waals surface area contributed by atoms with E-state index in [1.807, 2.05) is 20.8 Å². The van der Waals surface area contributed by atoms with Crippen LogP contribution in [-0.4, -0.2) is 9.13 Å².